The molecule has 0 bridgehead atoms. The van der Waals surface area contributed by atoms with Crippen LogP contribution in [0.25, 0.3) is 0 Å². The largest absolute Gasteiger partial charge is 0.338 e. The third kappa shape index (κ3) is 4.96. The van der Waals surface area contributed by atoms with Crippen molar-refractivity contribution < 1.29 is 10.2 Å². The van der Waals surface area contributed by atoms with Crippen LogP contribution in [0, 0.1) is 0 Å². The quantitative estimate of drug-likeness (QED) is 0.573. The Labute approximate surface area is 93.3 Å². The number of nitrogens with two attached hydrogens (primary N) is 1. The van der Waals surface area contributed by atoms with Gasteiger partial charge in [0.2, 0.25) is 0 Å². The van der Waals surface area contributed by atoms with Crippen LogP contribution >= 0.6 is 0 Å². The molecule has 2 heteroatoms. The van der Waals surface area contributed by atoms with Crippen LogP contribution in [0.3, 0.4) is 0 Å². The predicted molar refractivity (Wildman–Crippen MR) is 63.9 cm³/mol. The minimum atomic E-state index is 1.11. The van der Waals surface area contributed by atoms with E-state index in [9.17, 15) is 0 Å². The number of rotatable bonds is 7. The van der Waals surface area contributed by atoms with Gasteiger partial charge in [-0.1, -0.05) is 30.3 Å². The normalized spacial score (nSPS) is 10.9. The summed E-state index contributed by atoms with van der Waals surface area (Å²) in [7, 11) is 0. The third-order valence-corrected chi connectivity index (χ3v) is 2.92. The zero-order valence-electron chi connectivity index (χ0n) is 10.00. The van der Waals surface area contributed by atoms with Gasteiger partial charge < -0.3 is 10.2 Å². The van der Waals surface area contributed by atoms with Gasteiger partial charge in [0.25, 0.3) is 0 Å². The summed E-state index contributed by atoms with van der Waals surface area (Å²) >= 11 is 0. The van der Waals surface area contributed by atoms with Gasteiger partial charge in [0.05, 0.1) is 13.1 Å². The number of likely N-dealkylation sites (N-methyl/N-ethyl adjacent to an activating group) is 1. The lowest BCUT2D eigenvalue weighted by atomic mass is 10.2. The van der Waals surface area contributed by atoms with Crippen molar-refractivity contribution in [2.75, 3.05) is 26.2 Å². The second kappa shape index (κ2) is 7.43. The van der Waals surface area contributed by atoms with E-state index in [0.29, 0.717) is 0 Å². The number of quaternary nitrogens is 2. The summed E-state index contributed by atoms with van der Waals surface area (Å²) in [6.45, 7) is 10.6. The molecule has 0 aliphatic heterocycles. The summed E-state index contributed by atoms with van der Waals surface area (Å²) < 4.78 is 0. The third-order valence-electron chi connectivity index (χ3n) is 2.92. The first-order valence-corrected chi connectivity index (χ1v) is 6.06. The van der Waals surface area contributed by atoms with E-state index in [-0.39, 0.29) is 0 Å². The SMILES string of the molecule is CC[NH+](CC)CC[NH2+]Cc1ccccc1. The van der Waals surface area contributed by atoms with Gasteiger partial charge in [-0.25, -0.2) is 0 Å². The van der Waals surface area contributed by atoms with E-state index in [1.54, 1.807) is 4.90 Å². The Morgan fingerprint density at radius 3 is 2.33 bits per heavy atom. The van der Waals surface area contributed by atoms with Crippen LogP contribution in [-0.4, -0.2) is 26.2 Å². The molecule has 1 rings (SSSR count). The van der Waals surface area contributed by atoms with Gasteiger partial charge in [0.1, 0.15) is 19.6 Å². The molecule has 0 radical (unpaired) electrons. The topological polar surface area (TPSA) is 21.1 Å². The molecule has 0 unspecified atom stereocenters. The van der Waals surface area contributed by atoms with Crippen molar-refractivity contribution in [2.24, 2.45) is 0 Å². The van der Waals surface area contributed by atoms with Crippen molar-refractivity contribution in [3.63, 3.8) is 0 Å². The van der Waals surface area contributed by atoms with Crippen molar-refractivity contribution in [3.05, 3.63) is 35.9 Å². The van der Waals surface area contributed by atoms with Gasteiger partial charge in [-0.05, 0) is 13.8 Å². The Morgan fingerprint density at radius 1 is 1.07 bits per heavy atom. The second-order valence-electron chi connectivity index (χ2n) is 3.97. The molecule has 0 atom stereocenters. The molecular weight excluding hydrogens is 184 g/mol. The van der Waals surface area contributed by atoms with Crippen molar-refractivity contribution in [1.29, 1.82) is 0 Å². The summed E-state index contributed by atoms with van der Waals surface area (Å²) in [5.41, 5.74) is 1.42. The molecule has 0 heterocycles. The van der Waals surface area contributed by atoms with E-state index in [2.05, 4.69) is 49.5 Å². The molecule has 0 saturated heterocycles. The fraction of sp³-hybridized carbons (Fsp3) is 0.538. The van der Waals surface area contributed by atoms with E-state index in [4.69, 9.17) is 0 Å². The number of hydrogen-bond donors (Lipinski definition) is 2. The lowest BCUT2D eigenvalue weighted by Gasteiger charge is -2.13. The lowest BCUT2D eigenvalue weighted by molar-refractivity contribution is -0.910. The van der Waals surface area contributed by atoms with E-state index >= 15 is 0 Å². The highest BCUT2D eigenvalue weighted by molar-refractivity contribution is 5.12. The Morgan fingerprint density at radius 2 is 1.73 bits per heavy atom. The molecule has 1 aromatic carbocycles. The highest BCUT2D eigenvalue weighted by atomic mass is 15.1. The fourth-order valence-electron chi connectivity index (χ4n) is 1.79. The second-order valence-corrected chi connectivity index (χ2v) is 3.97. The van der Waals surface area contributed by atoms with Crippen molar-refractivity contribution in [2.45, 2.75) is 20.4 Å². The average molecular weight is 208 g/mol. The molecular formula is C13H24N2+2. The molecule has 0 spiro atoms. The molecule has 0 aliphatic rings. The summed E-state index contributed by atoms with van der Waals surface area (Å²) in [5.74, 6) is 0. The van der Waals surface area contributed by atoms with Crippen LogP contribution in [0.5, 0.6) is 0 Å². The monoisotopic (exact) mass is 208 g/mol. The van der Waals surface area contributed by atoms with Crippen LogP contribution in [0.1, 0.15) is 19.4 Å². The fourth-order valence-corrected chi connectivity index (χ4v) is 1.79. The molecule has 0 amide bonds. The van der Waals surface area contributed by atoms with E-state index < -0.39 is 0 Å². The summed E-state index contributed by atoms with van der Waals surface area (Å²) in [6, 6.07) is 10.7. The average Bonchev–Trinajstić information content (AvgIpc) is 2.31. The summed E-state index contributed by atoms with van der Waals surface area (Å²) in [4.78, 5) is 1.69. The maximum Gasteiger partial charge on any atom is 0.127 e. The standard InChI is InChI=1S/C13H22N2/c1-3-15(4-2)11-10-14-12-13-8-6-5-7-9-13/h5-9,14H,3-4,10-12H2,1-2H3/p+2. The molecule has 2 nitrogen and oxygen atoms in total. The van der Waals surface area contributed by atoms with E-state index in [0.717, 1.165) is 6.54 Å². The first-order valence-electron chi connectivity index (χ1n) is 6.06. The molecule has 15 heavy (non-hydrogen) atoms. The maximum absolute atomic E-state index is 2.40. The van der Waals surface area contributed by atoms with Gasteiger partial charge in [-0.3, -0.25) is 0 Å². The van der Waals surface area contributed by atoms with Gasteiger partial charge in [-0.2, -0.15) is 0 Å². The molecule has 0 aromatic heterocycles. The van der Waals surface area contributed by atoms with Crippen molar-refractivity contribution >= 4 is 0 Å². The number of nitrogens with one attached hydrogen (secondary N) is 1. The number of benzene rings is 1. The molecule has 84 valence electrons. The summed E-state index contributed by atoms with van der Waals surface area (Å²) in [6.07, 6.45) is 0. The Kier molecular flexibility index (Phi) is 6.05. The molecule has 0 saturated carbocycles. The van der Waals surface area contributed by atoms with E-state index in [1.807, 2.05) is 0 Å². The molecule has 0 aliphatic carbocycles. The zero-order valence-corrected chi connectivity index (χ0v) is 10.00. The van der Waals surface area contributed by atoms with Crippen LogP contribution in [-0.2, 0) is 6.54 Å². The molecule has 3 N–H and O–H groups in total. The maximum atomic E-state index is 2.40. The van der Waals surface area contributed by atoms with Crippen LogP contribution < -0.4 is 10.2 Å². The smallest absolute Gasteiger partial charge is 0.127 e. The lowest BCUT2D eigenvalue weighted by Crippen LogP contribution is -3.14. The van der Waals surface area contributed by atoms with Gasteiger partial charge in [-0.15, -0.1) is 0 Å². The number of hydrogen-bond acceptors (Lipinski definition) is 0. The Bertz CT molecular complexity index is 242. The first kappa shape index (κ1) is 12.2. The predicted octanol–water partition coefficient (Wildman–Crippen LogP) is -0.325. The summed E-state index contributed by atoms with van der Waals surface area (Å²) in [5, 5.41) is 2.40. The van der Waals surface area contributed by atoms with Crippen molar-refractivity contribution in [3.8, 4) is 0 Å². The Balaban J connectivity index is 2.12. The minimum absolute atomic E-state index is 1.11. The van der Waals surface area contributed by atoms with Gasteiger partial charge >= 0.3 is 0 Å². The molecule has 0 fully saturated rings. The highest BCUT2D eigenvalue weighted by Gasteiger charge is 2.02. The van der Waals surface area contributed by atoms with Crippen LogP contribution in [0.2, 0.25) is 0 Å². The molecule has 1 aromatic rings. The van der Waals surface area contributed by atoms with Crippen LogP contribution in [0.4, 0.5) is 0 Å². The van der Waals surface area contributed by atoms with Crippen molar-refractivity contribution in [1.82, 2.24) is 0 Å². The minimum Gasteiger partial charge on any atom is -0.338 e. The van der Waals surface area contributed by atoms with Gasteiger partial charge in [0, 0.05) is 5.56 Å². The van der Waals surface area contributed by atoms with Gasteiger partial charge in [0.15, 0.2) is 0 Å². The highest BCUT2D eigenvalue weighted by Crippen LogP contribution is 1.93. The first-order chi connectivity index (χ1) is 7.36. The van der Waals surface area contributed by atoms with E-state index in [1.165, 1.54) is 31.7 Å². The Hall–Kier alpha value is -0.860. The zero-order chi connectivity index (χ0) is 10.9. The van der Waals surface area contributed by atoms with Crippen LogP contribution in [0.15, 0.2) is 30.3 Å².